The summed E-state index contributed by atoms with van der Waals surface area (Å²) in [4.78, 5) is 16.9. The van der Waals surface area contributed by atoms with Gasteiger partial charge in [0.1, 0.15) is 0 Å². The van der Waals surface area contributed by atoms with Crippen LogP contribution in [0.1, 0.15) is 19.4 Å². The molecule has 0 amide bonds. The maximum Gasteiger partial charge on any atom is 0.284 e. The molecule has 0 atom stereocenters. The largest absolute Gasteiger partial charge is 0.289 e. The monoisotopic (exact) mass is 534 g/mol. The van der Waals surface area contributed by atoms with Crippen LogP contribution in [0.25, 0.3) is 0 Å². The zero-order valence-corrected chi connectivity index (χ0v) is 19.5. The standard InChI is InChI=1S/C21H16Br2N2O3S/c1-13-17(22)19(18(23)14(2)20(13)26)24-21(15-9-5-3-6-10-15)25-29(27,28)16-11-7-4-8-12-16/h3-12H,1-2H3/b25-21+. The first-order valence-corrected chi connectivity index (χ1v) is 11.6. The lowest BCUT2D eigenvalue weighted by Gasteiger charge is -2.17. The number of amidine groups is 1. The third-order valence-electron chi connectivity index (χ3n) is 4.25. The minimum Gasteiger partial charge on any atom is -0.289 e. The molecule has 148 valence electrons. The molecule has 0 bridgehead atoms. The van der Waals surface area contributed by atoms with Gasteiger partial charge in [0.05, 0.1) is 19.6 Å². The minimum absolute atomic E-state index is 0.0216. The highest BCUT2D eigenvalue weighted by atomic mass is 79.9. The molecule has 0 spiro atoms. The molecule has 0 radical (unpaired) electrons. The molecule has 0 aliphatic heterocycles. The molecule has 0 heterocycles. The number of allylic oxidation sites excluding steroid dienone is 4. The van der Waals surface area contributed by atoms with Crippen molar-refractivity contribution in [1.29, 1.82) is 0 Å². The van der Waals surface area contributed by atoms with Gasteiger partial charge in [0.15, 0.2) is 11.6 Å². The van der Waals surface area contributed by atoms with E-state index >= 15 is 0 Å². The molecular formula is C21H16Br2N2O3S. The molecule has 0 saturated carbocycles. The van der Waals surface area contributed by atoms with E-state index < -0.39 is 10.0 Å². The van der Waals surface area contributed by atoms with Crippen LogP contribution in [0, 0.1) is 0 Å². The molecule has 0 aromatic heterocycles. The number of carbonyl (C=O) groups excluding carboxylic acids is 1. The molecule has 1 aliphatic rings. The zero-order chi connectivity index (χ0) is 21.2. The number of rotatable bonds is 3. The summed E-state index contributed by atoms with van der Waals surface area (Å²) in [6.45, 7) is 3.37. The summed E-state index contributed by atoms with van der Waals surface area (Å²) >= 11 is 6.83. The molecular weight excluding hydrogens is 520 g/mol. The van der Waals surface area contributed by atoms with Gasteiger partial charge < -0.3 is 0 Å². The molecule has 2 aromatic carbocycles. The van der Waals surface area contributed by atoms with Crippen molar-refractivity contribution in [3.05, 3.63) is 86.3 Å². The smallest absolute Gasteiger partial charge is 0.284 e. The molecule has 0 fully saturated rings. The second-order valence-corrected chi connectivity index (χ2v) is 9.43. The number of Topliss-reactive ketones (excluding diaryl/α,β-unsaturated/α-hetero) is 1. The second kappa shape index (κ2) is 8.69. The molecule has 0 saturated heterocycles. The van der Waals surface area contributed by atoms with E-state index in [9.17, 15) is 13.2 Å². The Labute approximate surface area is 186 Å². The van der Waals surface area contributed by atoms with Crippen molar-refractivity contribution in [3.8, 4) is 0 Å². The van der Waals surface area contributed by atoms with E-state index in [-0.39, 0.29) is 16.5 Å². The van der Waals surface area contributed by atoms with Gasteiger partial charge >= 0.3 is 0 Å². The first-order chi connectivity index (χ1) is 13.7. The molecule has 0 N–H and O–H groups in total. The molecule has 29 heavy (non-hydrogen) atoms. The highest BCUT2D eigenvalue weighted by Crippen LogP contribution is 2.32. The average Bonchev–Trinajstić information content (AvgIpc) is 2.74. The number of benzene rings is 2. The van der Waals surface area contributed by atoms with Crippen LogP contribution in [0.3, 0.4) is 0 Å². The second-order valence-electron chi connectivity index (χ2n) is 6.24. The molecule has 2 aromatic rings. The van der Waals surface area contributed by atoms with Gasteiger partial charge in [-0.3, -0.25) is 4.79 Å². The van der Waals surface area contributed by atoms with Crippen LogP contribution in [-0.4, -0.2) is 25.7 Å². The first-order valence-electron chi connectivity index (χ1n) is 8.54. The van der Waals surface area contributed by atoms with Crippen molar-refractivity contribution in [1.82, 2.24) is 0 Å². The molecule has 3 rings (SSSR count). The van der Waals surface area contributed by atoms with Crippen LogP contribution in [-0.2, 0) is 14.8 Å². The van der Waals surface area contributed by atoms with Gasteiger partial charge in [-0.2, -0.15) is 8.42 Å². The number of nitrogens with zero attached hydrogens (tertiary/aromatic N) is 2. The Balaban J connectivity index is 2.24. The fourth-order valence-corrected chi connectivity index (χ4v) is 4.80. The lowest BCUT2D eigenvalue weighted by Crippen LogP contribution is -2.19. The summed E-state index contributed by atoms with van der Waals surface area (Å²) in [7, 11) is -3.98. The fourth-order valence-electron chi connectivity index (χ4n) is 2.62. The fraction of sp³-hybridized carbons (Fsp3) is 0.0952. The van der Waals surface area contributed by atoms with Gasteiger partial charge in [0.2, 0.25) is 0 Å². The quantitative estimate of drug-likeness (QED) is 0.308. The lowest BCUT2D eigenvalue weighted by molar-refractivity contribution is -0.112. The van der Waals surface area contributed by atoms with Crippen molar-refractivity contribution in [2.75, 3.05) is 0 Å². The number of halogens is 2. The Kier molecular flexibility index (Phi) is 6.45. The third-order valence-corrected chi connectivity index (χ3v) is 7.47. The predicted octanol–water partition coefficient (Wildman–Crippen LogP) is 5.18. The summed E-state index contributed by atoms with van der Waals surface area (Å²) in [6.07, 6.45) is 0. The van der Waals surface area contributed by atoms with Crippen molar-refractivity contribution in [2.24, 2.45) is 9.39 Å². The Hall–Kier alpha value is -2.16. The van der Waals surface area contributed by atoms with E-state index in [2.05, 4.69) is 41.3 Å². The van der Waals surface area contributed by atoms with Gasteiger partial charge in [-0.25, -0.2) is 4.99 Å². The maximum atomic E-state index is 12.8. The molecule has 5 nitrogen and oxygen atoms in total. The number of sulfonamides is 1. The van der Waals surface area contributed by atoms with E-state index in [4.69, 9.17) is 0 Å². The van der Waals surface area contributed by atoms with Crippen LogP contribution in [0.15, 0.2) is 95.1 Å². The number of carbonyl (C=O) groups is 1. The van der Waals surface area contributed by atoms with Crippen molar-refractivity contribution < 1.29 is 13.2 Å². The first kappa shape index (κ1) is 21.5. The summed E-state index contributed by atoms with van der Waals surface area (Å²) in [6, 6.07) is 16.8. The van der Waals surface area contributed by atoms with Gasteiger partial charge in [0.25, 0.3) is 10.0 Å². The Morgan fingerprint density at radius 1 is 0.828 bits per heavy atom. The maximum absolute atomic E-state index is 12.8. The normalized spacial score (nSPS) is 15.8. The summed E-state index contributed by atoms with van der Waals surface area (Å²) in [5, 5.41) is 0. The van der Waals surface area contributed by atoms with E-state index in [0.29, 0.717) is 31.4 Å². The highest BCUT2D eigenvalue weighted by molar-refractivity contribution is 9.13. The van der Waals surface area contributed by atoms with Crippen LogP contribution in [0.5, 0.6) is 0 Å². The summed E-state index contributed by atoms with van der Waals surface area (Å²) in [5.41, 5.74) is 1.92. The third kappa shape index (κ3) is 4.55. The minimum atomic E-state index is -3.98. The van der Waals surface area contributed by atoms with Crippen LogP contribution in [0.2, 0.25) is 0 Å². The predicted molar refractivity (Wildman–Crippen MR) is 122 cm³/mol. The van der Waals surface area contributed by atoms with Crippen LogP contribution < -0.4 is 0 Å². The van der Waals surface area contributed by atoms with Crippen LogP contribution >= 0.6 is 31.9 Å². The van der Waals surface area contributed by atoms with Crippen molar-refractivity contribution >= 4 is 59.2 Å². The van der Waals surface area contributed by atoms with E-state index in [1.54, 1.807) is 56.3 Å². The van der Waals surface area contributed by atoms with Crippen molar-refractivity contribution in [2.45, 2.75) is 18.7 Å². The lowest BCUT2D eigenvalue weighted by atomic mass is 9.98. The number of aliphatic imine (C=N–C) groups is 1. The number of hydrogen-bond acceptors (Lipinski definition) is 3. The van der Waals surface area contributed by atoms with Gasteiger partial charge in [-0.1, -0.05) is 48.5 Å². The zero-order valence-electron chi connectivity index (χ0n) is 15.6. The Morgan fingerprint density at radius 3 is 1.83 bits per heavy atom. The highest BCUT2D eigenvalue weighted by Gasteiger charge is 2.27. The number of hydrogen-bond donors (Lipinski definition) is 0. The summed E-state index contributed by atoms with van der Waals surface area (Å²) in [5.74, 6) is -0.0916. The molecule has 1 aliphatic carbocycles. The van der Waals surface area contributed by atoms with Crippen molar-refractivity contribution in [3.63, 3.8) is 0 Å². The van der Waals surface area contributed by atoms with Gasteiger partial charge in [-0.05, 0) is 57.8 Å². The van der Waals surface area contributed by atoms with E-state index in [1.807, 2.05) is 6.07 Å². The topological polar surface area (TPSA) is 75.9 Å². The number of ketones is 1. The SMILES string of the molecule is CC1=C(Br)C(=N/C(=N/S(=O)(=O)c2ccccc2)c2ccccc2)C(Br)=C(C)C1=O. The van der Waals surface area contributed by atoms with E-state index in [1.165, 1.54) is 12.1 Å². The van der Waals surface area contributed by atoms with Gasteiger partial charge in [0, 0.05) is 16.7 Å². The molecule has 8 heteroatoms. The molecule has 0 unspecified atom stereocenters. The van der Waals surface area contributed by atoms with Gasteiger partial charge in [-0.15, -0.1) is 4.40 Å². The van der Waals surface area contributed by atoms with E-state index in [0.717, 1.165) is 0 Å². The van der Waals surface area contributed by atoms with Crippen LogP contribution in [0.4, 0.5) is 0 Å². The Morgan fingerprint density at radius 2 is 1.31 bits per heavy atom. The summed E-state index contributed by atoms with van der Waals surface area (Å²) < 4.78 is 30.7. The Bertz CT molecular complexity index is 1170. The average molecular weight is 536 g/mol.